The Kier molecular flexibility index (Phi) is 7.12. The summed E-state index contributed by atoms with van der Waals surface area (Å²) in [5.41, 5.74) is 9.95. The maximum absolute atomic E-state index is 12.0. The minimum absolute atomic E-state index is 0.564. The molecule has 0 aliphatic heterocycles. The molecule has 3 nitrogen and oxygen atoms in total. The summed E-state index contributed by atoms with van der Waals surface area (Å²) >= 11 is 0. The highest BCUT2D eigenvalue weighted by Crippen LogP contribution is 2.45. The Balaban J connectivity index is 0.000000189. The van der Waals surface area contributed by atoms with Crippen molar-refractivity contribution in [3.8, 4) is 33.4 Å². The first kappa shape index (κ1) is 26.4. The van der Waals surface area contributed by atoms with Crippen LogP contribution in [0.15, 0.2) is 126 Å². The highest BCUT2D eigenvalue weighted by molar-refractivity contribution is 7.85. The molecule has 5 aromatic rings. The Bertz CT molecular complexity index is 1710. The molecule has 0 unspecified atom stereocenters. The van der Waals surface area contributed by atoms with Gasteiger partial charge in [0.05, 0.1) is 10.5 Å². The summed E-state index contributed by atoms with van der Waals surface area (Å²) in [7, 11) is -4.43. The predicted molar refractivity (Wildman–Crippen MR) is 147 cm³/mol. The first-order valence-electron chi connectivity index (χ1n) is 12.1. The molecular formula is C32H23F3O3S. The van der Waals surface area contributed by atoms with E-state index in [0.717, 1.165) is 6.42 Å². The Morgan fingerprint density at radius 1 is 0.590 bits per heavy atom. The van der Waals surface area contributed by atoms with Crippen molar-refractivity contribution in [3.05, 3.63) is 138 Å². The zero-order valence-electron chi connectivity index (χ0n) is 20.6. The molecule has 1 aliphatic carbocycles. The van der Waals surface area contributed by atoms with E-state index in [1.807, 2.05) is 0 Å². The van der Waals surface area contributed by atoms with Crippen LogP contribution in [0.5, 0.6) is 0 Å². The lowest BCUT2D eigenvalue weighted by Crippen LogP contribution is -2.05. The third kappa shape index (κ3) is 5.65. The molecule has 0 fully saturated rings. The second-order valence-electron chi connectivity index (χ2n) is 9.08. The Labute approximate surface area is 225 Å². The van der Waals surface area contributed by atoms with Gasteiger partial charge in [-0.2, -0.15) is 21.6 Å². The number of rotatable bonds is 3. The molecule has 196 valence electrons. The SMILES string of the molecule is O=S(=O)(O)c1ccc(C(F)(F)F)cc1.c1ccc(-c2ccc3c(c2-c2ccccc2)Cc2ccccc2-3)cc1. The molecule has 1 N–H and O–H groups in total. The molecule has 0 radical (unpaired) electrons. The first-order chi connectivity index (χ1) is 18.6. The van der Waals surface area contributed by atoms with Crippen molar-refractivity contribution < 1.29 is 26.1 Å². The molecule has 0 bridgehead atoms. The van der Waals surface area contributed by atoms with E-state index in [-0.39, 0.29) is 0 Å². The second kappa shape index (κ2) is 10.5. The zero-order chi connectivity index (χ0) is 27.6. The van der Waals surface area contributed by atoms with Gasteiger partial charge in [-0.25, -0.2) is 0 Å². The molecular weight excluding hydrogens is 521 g/mol. The Morgan fingerprint density at radius 2 is 1.13 bits per heavy atom. The second-order valence-corrected chi connectivity index (χ2v) is 10.5. The monoisotopic (exact) mass is 544 g/mol. The molecule has 0 saturated carbocycles. The molecule has 7 heteroatoms. The van der Waals surface area contributed by atoms with E-state index >= 15 is 0 Å². The molecule has 0 saturated heterocycles. The van der Waals surface area contributed by atoms with Crippen molar-refractivity contribution in [2.75, 3.05) is 0 Å². The van der Waals surface area contributed by atoms with Crippen LogP contribution >= 0.6 is 0 Å². The van der Waals surface area contributed by atoms with Crippen LogP contribution in [0.4, 0.5) is 13.2 Å². The highest BCUT2D eigenvalue weighted by Gasteiger charge is 2.30. The molecule has 0 aromatic heterocycles. The number of alkyl halides is 3. The average Bonchev–Trinajstić information content (AvgIpc) is 3.32. The average molecular weight is 545 g/mol. The van der Waals surface area contributed by atoms with Gasteiger partial charge < -0.3 is 0 Å². The number of halogens is 3. The maximum atomic E-state index is 12.0. The van der Waals surface area contributed by atoms with Crippen molar-refractivity contribution in [2.24, 2.45) is 0 Å². The van der Waals surface area contributed by atoms with Gasteiger partial charge in [-0.3, -0.25) is 4.55 Å². The molecule has 0 atom stereocenters. The van der Waals surface area contributed by atoms with E-state index in [2.05, 4.69) is 97.1 Å². The molecule has 6 rings (SSSR count). The van der Waals surface area contributed by atoms with E-state index < -0.39 is 26.8 Å². The third-order valence-corrected chi connectivity index (χ3v) is 7.48. The topological polar surface area (TPSA) is 54.4 Å². The summed E-state index contributed by atoms with van der Waals surface area (Å²) < 4.78 is 65.4. The van der Waals surface area contributed by atoms with Gasteiger partial charge >= 0.3 is 6.18 Å². The summed E-state index contributed by atoms with van der Waals surface area (Å²) in [6.07, 6.45) is -3.51. The quantitative estimate of drug-likeness (QED) is 0.227. The van der Waals surface area contributed by atoms with Crippen molar-refractivity contribution >= 4 is 10.1 Å². The molecule has 0 amide bonds. The summed E-state index contributed by atoms with van der Waals surface area (Å²) in [6, 6.07) is 37.5. The van der Waals surface area contributed by atoms with Crippen LogP contribution in [0.1, 0.15) is 16.7 Å². The Morgan fingerprint density at radius 3 is 1.72 bits per heavy atom. The minimum atomic E-state index is -4.52. The lowest BCUT2D eigenvalue weighted by molar-refractivity contribution is -0.137. The summed E-state index contributed by atoms with van der Waals surface area (Å²) in [5, 5.41) is 0. The third-order valence-electron chi connectivity index (χ3n) is 6.61. The van der Waals surface area contributed by atoms with Gasteiger partial charge in [-0.1, -0.05) is 97.1 Å². The molecule has 0 heterocycles. The van der Waals surface area contributed by atoms with Crippen molar-refractivity contribution in [1.82, 2.24) is 0 Å². The standard InChI is InChI=1S/C25H18.C7H5F3O3S/c1-3-9-18(10-4-1)22-15-16-23-21-14-8-7-13-20(21)17-24(23)25(22)19-11-5-2-6-12-19;8-7(9,10)5-1-3-6(4-2-5)14(11,12)13/h1-16H,17H2;1-4H,(H,11,12,13). The van der Waals surface area contributed by atoms with Gasteiger partial charge in [0.1, 0.15) is 0 Å². The van der Waals surface area contributed by atoms with E-state index in [0.29, 0.717) is 24.3 Å². The number of hydrogen-bond donors (Lipinski definition) is 1. The number of fused-ring (bicyclic) bond motifs is 3. The lowest BCUT2D eigenvalue weighted by Gasteiger charge is -2.16. The lowest BCUT2D eigenvalue weighted by atomic mass is 9.88. The normalized spacial score (nSPS) is 12.2. The van der Waals surface area contributed by atoms with Gasteiger partial charge in [-0.05, 0) is 75.2 Å². The van der Waals surface area contributed by atoms with Crippen LogP contribution in [0, 0.1) is 0 Å². The fourth-order valence-corrected chi connectivity index (χ4v) is 5.30. The summed E-state index contributed by atoms with van der Waals surface area (Å²) in [5.74, 6) is 0. The van der Waals surface area contributed by atoms with E-state index in [9.17, 15) is 21.6 Å². The zero-order valence-corrected chi connectivity index (χ0v) is 21.4. The van der Waals surface area contributed by atoms with Crippen LogP contribution in [-0.2, 0) is 22.7 Å². The maximum Gasteiger partial charge on any atom is 0.416 e. The summed E-state index contributed by atoms with van der Waals surface area (Å²) in [6.45, 7) is 0. The van der Waals surface area contributed by atoms with Gasteiger partial charge in [0.25, 0.3) is 10.1 Å². The Hall–Kier alpha value is -4.20. The largest absolute Gasteiger partial charge is 0.416 e. The number of benzene rings is 5. The van der Waals surface area contributed by atoms with Crippen molar-refractivity contribution in [1.29, 1.82) is 0 Å². The van der Waals surface area contributed by atoms with Gasteiger partial charge in [-0.15, -0.1) is 0 Å². The van der Waals surface area contributed by atoms with Gasteiger partial charge in [0, 0.05) is 0 Å². The van der Waals surface area contributed by atoms with Crippen molar-refractivity contribution in [3.63, 3.8) is 0 Å². The first-order valence-corrected chi connectivity index (χ1v) is 13.6. The van der Waals surface area contributed by atoms with Crippen LogP contribution in [0.3, 0.4) is 0 Å². The number of hydrogen-bond acceptors (Lipinski definition) is 2. The molecule has 1 aliphatic rings. The minimum Gasteiger partial charge on any atom is -0.282 e. The molecule has 39 heavy (non-hydrogen) atoms. The van der Waals surface area contributed by atoms with Crippen molar-refractivity contribution in [2.45, 2.75) is 17.5 Å². The van der Waals surface area contributed by atoms with Crippen LogP contribution < -0.4 is 0 Å². The van der Waals surface area contributed by atoms with Crippen LogP contribution in [-0.4, -0.2) is 13.0 Å². The predicted octanol–water partition coefficient (Wildman–Crippen LogP) is 8.54. The van der Waals surface area contributed by atoms with E-state index in [1.54, 1.807) is 0 Å². The van der Waals surface area contributed by atoms with E-state index in [1.165, 1.54) is 44.5 Å². The van der Waals surface area contributed by atoms with Gasteiger partial charge in [0.15, 0.2) is 0 Å². The van der Waals surface area contributed by atoms with Gasteiger partial charge in [0.2, 0.25) is 0 Å². The summed E-state index contributed by atoms with van der Waals surface area (Å²) in [4.78, 5) is -0.564. The fraction of sp³-hybridized carbons (Fsp3) is 0.0625. The van der Waals surface area contributed by atoms with Crippen LogP contribution in [0.2, 0.25) is 0 Å². The highest BCUT2D eigenvalue weighted by atomic mass is 32.2. The van der Waals surface area contributed by atoms with E-state index in [4.69, 9.17) is 4.55 Å². The van der Waals surface area contributed by atoms with Crippen LogP contribution in [0.25, 0.3) is 33.4 Å². The molecule has 0 spiro atoms. The fourth-order valence-electron chi connectivity index (χ4n) is 4.82. The smallest absolute Gasteiger partial charge is 0.282 e. The molecule has 5 aromatic carbocycles.